The molecule has 0 spiro atoms. The van der Waals surface area contributed by atoms with Crippen LogP contribution in [0.25, 0.3) is 0 Å². The van der Waals surface area contributed by atoms with Crippen LogP contribution in [0.3, 0.4) is 0 Å². The van der Waals surface area contributed by atoms with E-state index in [2.05, 4.69) is 30.4 Å². The lowest BCUT2D eigenvalue weighted by Gasteiger charge is -2.39. The molecule has 0 bridgehead atoms. The average molecular weight is 414 g/mol. The van der Waals surface area contributed by atoms with Gasteiger partial charge in [0.05, 0.1) is 0 Å². The Balaban J connectivity index is 1.66. The Bertz CT molecular complexity index is 1090. The number of hydrogen-bond donors (Lipinski definition) is 2. The molecule has 1 aliphatic heterocycles. The molecule has 0 saturated carbocycles. The van der Waals surface area contributed by atoms with Crippen LogP contribution in [-0.4, -0.2) is 17.9 Å². The molecule has 31 heavy (non-hydrogen) atoms. The van der Waals surface area contributed by atoms with Crippen LogP contribution >= 0.6 is 0 Å². The fraction of sp³-hybridized carbons (Fsp3) is 0.231. The zero-order chi connectivity index (χ0) is 22.0. The molecule has 5 heteroatoms. The summed E-state index contributed by atoms with van der Waals surface area (Å²) in [7, 11) is 0. The topological polar surface area (TPSA) is 75.4 Å². The number of nitrogens with two attached hydrogens (primary N) is 1. The van der Waals surface area contributed by atoms with Crippen molar-refractivity contribution in [2.45, 2.75) is 38.6 Å². The van der Waals surface area contributed by atoms with Gasteiger partial charge in [-0.25, -0.2) is 0 Å². The molecule has 4 rings (SSSR count). The highest BCUT2D eigenvalue weighted by atomic mass is 16.2. The van der Waals surface area contributed by atoms with Crippen LogP contribution in [0.4, 0.5) is 17.1 Å². The summed E-state index contributed by atoms with van der Waals surface area (Å²) in [6, 6.07) is 23.2. The second-order valence-corrected chi connectivity index (χ2v) is 8.02. The number of nitrogens with one attached hydrogen (secondary N) is 1. The monoisotopic (exact) mass is 413 g/mol. The van der Waals surface area contributed by atoms with E-state index in [0.717, 1.165) is 23.4 Å². The lowest BCUT2D eigenvalue weighted by atomic mass is 9.81. The first-order valence-electron chi connectivity index (χ1n) is 10.7. The Morgan fingerprint density at radius 2 is 1.68 bits per heavy atom. The number of amides is 2. The van der Waals surface area contributed by atoms with Crippen molar-refractivity contribution in [2.75, 3.05) is 16.0 Å². The predicted molar refractivity (Wildman–Crippen MR) is 125 cm³/mol. The summed E-state index contributed by atoms with van der Waals surface area (Å²) in [5.41, 5.74) is 11.1. The molecule has 3 aromatic carbocycles. The number of nitrogen functional groups attached to an aromatic ring is 1. The maximum atomic E-state index is 13.3. The zero-order valence-electron chi connectivity index (χ0n) is 17.8. The second-order valence-electron chi connectivity index (χ2n) is 8.02. The standard InChI is InChI=1S/C26H27N3O2/c1-3-25(30)28-21-14-10-18(11-15-21)23-16-17(2)29(24-7-5-4-6-22(23)24)26(31)19-8-12-20(27)13-9-19/h4-15,17,23H,3,16,27H2,1-2H3,(H,28,30). The number of nitrogens with zero attached hydrogens (tertiary/aromatic N) is 1. The van der Waals surface area contributed by atoms with Crippen molar-refractivity contribution in [3.8, 4) is 0 Å². The first-order valence-corrected chi connectivity index (χ1v) is 10.7. The molecule has 1 aliphatic rings. The third-order valence-corrected chi connectivity index (χ3v) is 5.88. The molecule has 0 aliphatic carbocycles. The Morgan fingerprint density at radius 3 is 2.35 bits per heavy atom. The molecular weight excluding hydrogens is 386 g/mol. The van der Waals surface area contributed by atoms with E-state index in [4.69, 9.17) is 5.73 Å². The molecule has 158 valence electrons. The van der Waals surface area contributed by atoms with E-state index in [1.54, 1.807) is 24.3 Å². The van der Waals surface area contributed by atoms with Crippen LogP contribution in [-0.2, 0) is 4.79 Å². The Kier molecular flexibility index (Phi) is 5.76. The predicted octanol–water partition coefficient (Wildman–Crippen LogP) is 5.19. The summed E-state index contributed by atoms with van der Waals surface area (Å²) >= 11 is 0. The molecule has 0 aromatic heterocycles. The van der Waals surface area contributed by atoms with E-state index >= 15 is 0 Å². The van der Waals surface area contributed by atoms with Crippen molar-refractivity contribution in [2.24, 2.45) is 0 Å². The van der Waals surface area contributed by atoms with E-state index in [1.807, 2.05) is 42.2 Å². The van der Waals surface area contributed by atoms with Crippen LogP contribution in [0.1, 0.15) is 54.1 Å². The molecule has 2 unspecified atom stereocenters. The molecule has 5 nitrogen and oxygen atoms in total. The third kappa shape index (κ3) is 4.17. The first kappa shape index (κ1) is 20.7. The number of rotatable bonds is 4. The minimum Gasteiger partial charge on any atom is -0.399 e. The number of carbonyl (C=O) groups excluding carboxylic acids is 2. The van der Waals surface area contributed by atoms with E-state index in [0.29, 0.717) is 17.7 Å². The van der Waals surface area contributed by atoms with Crippen LogP contribution < -0.4 is 16.0 Å². The van der Waals surface area contributed by atoms with Crippen molar-refractivity contribution >= 4 is 28.9 Å². The Labute approximate surface area is 182 Å². The van der Waals surface area contributed by atoms with E-state index in [-0.39, 0.29) is 23.8 Å². The number of anilines is 3. The van der Waals surface area contributed by atoms with Crippen molar-refractivity contribution < 1.29 is 9.59 Å². The Hall–Kier alpha value is -3.60. The molecule has 0 radical (unpaired) electrons. The number of benzene rings is 3. The quantitative estimate of drug-likeness (QED) is 0.578. The highest BCUT2D eigenvalue weighted by molar-refractivity contribution is 6.07. The third-order valence-electron chi connectivity index (χ3n) is 5.88. The fourth-order valence-electron chi connectivity index (χ4n) is 4.25. The van der Waals surface area contributed by atoms with Crippen molar-refractivity contribution in [1.82, 2.24) is 0 Å². The van der Waals surface area contributed by atoms with Gasteiger partial charge in [0.1, 0.15) is 0 Å². The van der Waals surface area contributed by atoms with Gasteiger partial charge in [0.15, 0.2) is 0 Å². The van der Waals surface area contributed by atoms with Crippen LogP contribution in [0, 0.1) is 0 Å². The van der Waals surface area contributed by atoms with E-state index in [1.165, 1.54) is 5.56 Å². The van der Waals surface area contributed by atoms with Crippen molar-refractivity contribution in [3.63, 3.8) is 0 Å². The number of para-hydroxylation sites is 1. The largest absolute Gasteiger partial charge is 0.399 e. The minimum atomic E-state index is -0.0176. The minimum absolute atomic E-state index is 0.00112. The zero-order valence-corrected chi connectivity index (χ0v) is 17.8. The van der Waals surface area contributed by atoms with Gasteiger partial charge in [-0.2, -0.15) is 0 Å². The number of hydrogen-bond acceptors (Lipinski definition) is 3. The number of carbonyl (C=O) groups is 2. The summed E-state index contributed by atoms with van der Waals surface area (Å²) in [6.45, 7) is 3.93. The highest BCUT2D eigenvalue weighted by Gasteiger charge is 2.34. The van der Waals surface area contributed by atoms with Crippen molar-refractivity contribution in [3.05, 3.63) is 89.5 Å². The van der Waals surface area contributed by atoms with E-state index < -0.39 is 0 Å². The van der Waals surface area contributed by atoms with Gasteiger partial charge in [-0.05, 0) is 66.9 Å². The second kappa shape index (κ2) is 8.64. The summed E-state index contributed by atoms with van der Waals surface area (Å²) in [5.74, 6) is 0.162. The van der Waals surface area contributed by atoms with Gasteiger partial charge in [0, 0.05) is 41.0 Å². The summed E-state index contributed by atoms with van der Waals surface area (Å²) in [4.78, 5) is 26.9. The van der Waals surface area contributed by atoms with Gasteiger partial charge in [-0.1, -0.05) is 37.3 Å². The molecule has 0 saturated heterocycles. The smallest absolute Gasteiger partial charge is 0.258 e. The Morgan fingerprint density at radius 1 is 1.00 bits per heavy atom. The van der Waals surface area contributed by atoms with Gasteiger partial charge in [0.2, 0.25) is 5.91 Å². The summed E-state index contributed by atoms with van der Waals surface area (Å²) in [6.07, 6.45) is 1.27. The normalized spacial score (nSPS) is 17.7. The molecule has 3 aromatic rings. The van der Waals surface area contributed by atoms with Crippen molar-refractivity contribution in [1.29, 1.82) is 0 Å². The average Bonchev–Trinajstić information content (AvgIpc) is 2.79. The maximum absolute atomic E-state index is 13.3. The van der Waals surface area contributed by atoms with Gasteiger partial charge < -0.3 is 16.0 Å². The van der Waals surface area contributed by atoms with Crippen LogP contribution in [0.2, 0.25) is 0 Å². The van der Waals surface area contributed by atoms with Crippen LogP contribution in [0.5, 0.6) is 0 Å². The van der Waals surface area contributed by atoms with E-state index in [9.17, 15) is 9.59 Å². The number of fused-ring (bicyclic) bond motifs is 1. The summed E-state index contributed by atoms with van der Waals surface area (Å²) in [5, 5.41) is 2.89. The molecule has 2 amide bonds. The molecule has 3 N–H and O–H groups in total. The fourth-order valence-corrected chi connectivity index (χ4v) is 4.25. The molecular formula is C26H27N3O2. The van der Waals surface area contributed by atoms with Gasteiger partial charge in [0.25, 0.3) is 5.91 Å². The molecule has 1 heterocycles. The highest BCUT2D eigenvalue weighted by Crippen LogP contribution is 2.42. The SMILES string of the molecule is CCC(=O)Nc1ccc(C2CC(C)N(C(=O)c3ccc(N)cc3)c3ccccc32)cc1. The van der Waals surface area contributed by atoms with Gasteiger partial charge in [-0.15, -0.1) is 0 Å². The van der Waals surface area contributed by atoms with Gasteiger partial charge >= 0.3 is 0 Å². The first-order chi connectivity index (χ1) is 15.0. The lowest BCUT2D eigenvalue weighted by molar-refractivity contribution is -0.115. The van der Waals surface area contributed by atoms with Crippen LogP contribution in [0.15, 0.2) is 72.8 Å². The molecule has 2 atom stereocenters. The van der Waals surface area contributed by atoms with Gasteiger partial charge in [-0.3, -0.25) is 9.59 Å². The lowest BCUT2D eigenvalue weighted by Crippen LogP contribution is -2.43. The molecule has 0 fully saturated rings. The maximum Gasteiger partial charge on any atom is 0.258 e. The summed E-state index contributed by atoms with van der Waals surface area (Å²) < 4.78 is 0.